The maximum absolute atomic E-state index is 3.26. The molecule has 0 saturated heterocycles. The molecule has 0 saturated carbocycles. The Morgan fingerprint density at radius 2 is 1.25 bits per heavy atom. The summed E-state index contributed by atoms with van der Waals surface area (Å²) < 4.78 is 0. The van der Waals surface area contributed by atoms with Gasteiger partial charge in [0.1, 0.15) is 0 Å². The van der Waals surface area contributed by atoms with E-state index in [1.807, 2.05) is 7.05 Å². The highest BCUT2D eigenvalue weighted by atomic mass is 31.1. The van der Waals surface area contributed by atoms with Crippen LogP contribution < -0.4 is 21.2 Å². The van der Waals surface area contributed by atoms with E-state index in [4.69, 9.17) is 0 Å². The molecule has 24 heavy (non-hydrogen) atoms. The van der Waals surface area contributed by atoms with Gasteiger partial charge in [0.05, 0.1) is 0 Å². The van der Waals surface area contributed by atoms with Crippen LogP contribution in [0.2, 0.25) is 0 Å². The number of nitrogens with one attached hydrogen (secondary N) is 1. The minimum absolute atomic E-state index is 0.508. The average molecular weight is 333 g/mol. The average Bonchev–Trinajstić information content (AvgIpc) is 2.65. The topological polar surface area (TPSA) is 12.0 Å². The van der Waals surface area contributed by atoms with Crippen LogP contribution in [0.5, 0.6) is 0 Å². The van der Waals surface area contributed by atoms with Crippen LogP contribution >= 0.6 is 7.92 Å². The van der Waals surface area contributed by atoms with Crippen molar-refractivity contribution in [2.75, 3.05) is 13.6 Å². The minimum Gasteiger partial charge on any atom is -0.320 e. The quantitative estimate of drug-likeness (QED) is 0.515. The minimum atomic E-state index is -0.508. The standard InChI is InChI=1S/C22H24NP/c1-23-18-10-12-19-11-8-9-17-22(19)24(20-13-4-2-5-14-20)21-15-6-3-7-16-21/h2-9,11,13-17,23H,10,12,18H2,1H3. The Hall–Kier alpha value is -1.95. The van der Waals surface area contributed by atoms with Gasteiger partial charge in [-0.15, -0.1) is 0 Å². The highest BCUT2D eigenvalue weighted by molar-refractivity contribution is 7.79. The second-order valence-electron chi connectivity index (χ2n) is 5.84. The molecule has 0 aliphatic carbocycles. The molecule has 0 aromatic heterocycles. The van der Waals surface area contributed by atoms with Crippen molar-refractivity contribution in [2.24, 2.45) is 0 Å². The molecule has 0 fully saturated rings. The van der Waals surface area contributed by atoms with Crippen LogP contribution in [0.25, 0.3) is 0 Å². The van der Waals surface area contributed by atoms with Gasteiger partial charge in [0.2, 0.25) is 0 Å². The normalized spacial score (nSPS) is 10.9. The maximum atomic E-state index is 3.26. The Bertz CT molecular complexity index is 701. The number of benzene rings is 3. The largest absolute Gasteiger partial charge is 0.320 e. The summed E-state index contributed by atoms with van der Waals surface area (Å²) in [7, 11) is 1.51. The molecule has 0 spiro atoms. The smallest absolute Gasteiger partial charge is 0.00487 e. The lowest BCUT2D eigenvalue weighted by Crippen LogP contribution is -2.23. The Kier molecular flexibility index (Phi) is 6.18. The molecule has 1 nitrogen and oxygen atoms in total. The monoisotopic (exact) mass is 333 g/mol. The summed E-state index contributed by atoms with van der Waals surface area (Å²) in [5, 5.41) is 7.58. The van der Waals surface area contributed by atoms with Crippen molar-refractivity contribution in [3.05, 3.63) is 90.5 Å². The SMILES string of the molecule is CNCCCc1ccccc1P(c1ccccc1)c1ccccc1. The first-order valence-corrected chi connectivity index (χ1v) is 9.87. The molecule has 0 heterocycles. The summed E-state index contributed by atoms with van der Waals surface area (Å²) in [6.45, 7) is 1.06. The van der Waals surface area contributed by atoms with Gasteiger partial charge in [0.25, 0.3) is 0 Å². The van der Waals surface area contributed by atoms with Crippen LogP contribution in [-0.2, 0) is 6.42 Å². The van der Waals surface area contributed by atoms with E-state index in [-0.39, 0.29) is 0 Å². The van der Waals surface area contributed by atoms with Crippen molar-refractivity contribution in [1.82, 2.24) is 5.32 Å². The molecule has 0 radical (unpaired) electrons. The Morgan fingerprint density at radius 1 is 0.708 bits per heavy atom. The predicted molar refractivity (Wildman–Crippen MR) is 107 cm³/mol. The van der Waals surface area contributed by atoms with Crippen LogP contribution in [-0.4, -0.2) is 13.6 Å². The fraction of sp³-hybridized carbons (Fsp3) is 0.182. The van der Waals surface area contributed by atoms with Crippen molar-refractivity contribution < 1.29 is 0 Å². The van der Waals surface area contributed by atoms with Gasteiger partial charge in [-0.05, 0) is 55.8 Å². The van der Waals surface area contributed by atoms with Gasteiger partial charge in [0, 0.05) is 0 Å². The van der Waals surface area contributed by atoms with Crippen LogP contribution in [0.1, 0.15) is 12.0 Å². The van der Waals surface area contributed by atoms with Crippen molar-refractivity contribution in [2.45, 2.75) is 12.8 Å². The number of aryl methyl sites for hydroxylation is 1. The molecule has 0 aliphatic heterocycles. The molecule has 3 aromatic rings. The molecule has 2 heteroatoms. The van der Waals surface area contributed by atoms with Gasteiger partial charge in [-0.3, -0.25) is 0 Å². The van der Waals surface area contributed by atoms with E-state index >= 15 is 0 Å². The lowest BCUT2D eigenvalue weighted by Gasteiger charge is -2.22. The zero-order valence-electron chi connectivity index (χ0n) is 14.2. The molecule has 0 bridgehead atoms. The second-order valence-corrected chi connectivity index (χ2v) is 8.03. The zero-order chi connectivity index (χ0) is 16.6. The van der Waals surface area contributed by atoms with Crippen molar-refractivity contribution in [1.29, 1.82) is 0 Å². The molecular weight excluding hydrogens is 309 g/mol. The fourth-order valence-corrected chi connectivity index (χ4v) is 5.48. The number of hydrogen-bond acceptors (Lipinski definition) is 1. The summed E-state index contributed by atoms with van der Waals surface area (Å²) in [5.74, 6) is 0. The fourth-order valence-electron chi connectivity index (χ4n) is 2.98. The molecule has 0 amide bonds. The summed E-state index contributed by atoms with van der Waals surface area (Å²) >= 11 is 0. The molecule has 3 aromatic carbocycles. The predicted octanol–water partition coefficient (Wildman–Crippen LogP) is 3.60. The third-order valence-corrected chi connectivity index (χ3v) is 6.68. The van der Waals surface area contributed by atoms with Crippen molar-refractivity contribution in [3.63, 3.8) is 0 Å². The van der Waals surface area contributed by atoms with E-state index < -0.39 is 7.92 Å². The molecule has 3 rings (SSSR count). The van der Waals surface area contributed by atoms with E-state index in [1.165, 1.54) is 27.9 Å². The lowest BCUT2D eigenvalue weighted by atomic mass is 10.1. The van der Waals surface area contributed by atoms with Crippen LogP contribution in [0.15, 0.2) is 84.9 Å². The summed E-state index contributed by atoms with van der Waals surface area (Å²) in [6, 6.07) is 30.8. The summed E-state index contributed by atoms with van der Waals surface area (Å²) in [4.78, 5) is 0. The molecule has 0 unspecified atom stereocenters. The Labute approximate surface area is 146 Å². The first kappa shape index (κ1) is 16.9. The summed E-state index contributed by atoms with van der Waals surface area (Å²) in [6.07, 6.45) is 2.29. The van der Waals surface area contributed by atoms with E-state index in [9.17, 15) is 0 Å². The first-order valence-electron chi connectivity index (χ1n) is 8.53. The molecule has 122 valence electrons. The van der Waals surface area contributed by atoms with Crippen molar-refractivity contribution >= 4 is 23.8 Å². The van der Waals surface area contributed by atoms with Gasteiger partial charge < -0.3 is 5.32 Å². The van der Waals surface area contributed by atoms with Gasteiger partial charge in [-0.1, -0.05) is 84.9 Å². The van der Waals surface area contributed by atoms with Crippen LogP contribution in [0, 0.1) is 0 Å². The molecular formula is C22H24NP. The maximum Gasteiger partial charge on any atom is -0.00487 e. The van der Waals surface area contributed by atoms with E-state index in [0.29, 0.717) is 0 Å². The highest BCUT2D eigenvalue weighted by Gasteiger charge is 2.18. The van der Waals surface area contributed by atoms with Crippen LogP contribution in [0.4, 0.5) is 0 Å². The molecule has 0 aliphatic rings. The third kappa shape index (κ3) is 4.12. The van der Waals surface area contributed by atoms with E-state index in [1.54, 1.807) is 0 Å². The van der Waals surface area contributed by atoms with Gasteiger partial charge in [0.15, 0.2) is 0 Å². The van der Waals surface area contributed by atoms with E-state index in [0.717, 1.165) is 13.0 Å². The van der Waals surface area contributed by atoms with Gasteiger partial charge in [-0.2, -0.15) is 0 Å². The number of rotatable bonds is 7. The Morgan fingerprint density at radius 3 is 1.83 bits per heavy atom. The third-order valence-electron chi connectivity index (χ3n) is 4.13. The second kappa shape index (κ2) is 8.78. The zero-order valence-corrected chi connectivity index (χ0v) is 15.0. The first-order chi connectivity index (χ1) is 11.9. The van der Waals surface area contributed by atoms with Crippen molar-refractivity contribution in [3.8, 4) is 0 Å². The van der Waals surface area contributed by atoms with Crippen LogP contribution in [0.3, 0.4) is 0 Å². The van der Waals surface area contributed by atoms with Gasteiger partial charge in [-0.25, -0.2) is 0 Å². The molecule has 0 atom stereocenters. The van der Waals surface area contributed by atoms with Gasteiger partial charge >= 0.3 is 0 Å². The molecule has 1 N–H and O–H groups in total. The lowest BCUT2D eigenvalue weighted by molar-refractivity contribution is 0.726. The number of hydrogen-bond donors (Lipinski definition) is 1. The van der Waals surface area contributed by atoms with E-state index in [2.05, 4.69) is 90.2 Å². The highest BCUT2D eigenvalue weighted by Crippen LogP contribution is 2.34. The Balaban J connectivity index is 2.04. The summed E-state index contributed by atoms with van der Waals surface area (Å²) in [5.41, 5.74) is 1.48.